The summed E-state index contributed by atoms with van der Waals surface area (Å²) in [7, 11) is 0. The molecule has 0 bridgehead atoms. The Labute approximate surface area is 126 Å². The number of ether oxygens (including phenoxy) is 1. The molecule has 3 heterocycles. The third-order valence-electron chi connectivity index (χ3n) is 5.23. The monoisotopic (exact) mass is 287 g/mol. The standard InChI is InChI=1S/C17H25N3O/c1-12-8-18-9-16-7-14-5-6-15(19-17(14)20(12)16)11-21-10-13-3-2-4-13/h5-6,12-13,16,18H,2-4,7-11H2,1H3/t12-,16-/m1/s1. The molecule has 1 aromatic rings. The van der Waals surface area contributed by atoms with Gasteiger partial charge in [-0.3, -0.25) is 0 Å². The summed E-state index contributed by atoms with van der Waals surface area (Å²) < 4.78 is 5.85. The predicted molar refractivity (Wildman–Crippen MR) is 83.5 cm³/mol. The van der Waals surface area contributed by atoms with E-state index in [9.17, 15) is 0 Å². The molecule has 21 heavy (non-hydrogen) atoms. The highest BCUT2D eigenvalue weighted by atomic mass is 16.5. The van der Waals surface area contributed by atoms with Gasteiger partial charge < -0.3 is 15.0 Å². The van der Waals surface area contributed by atoms with Crippen molar-refractivity contribution in [2.24, 2.45) is 5.92 Å². The lowest BCUT2D eigenvalue weighted by atomic mass is 9.86. The largest absolute Gasteiger partial charge is 0.375 e. The molecule has 0 aromatic carbocycles. The Kier molecular flexibility index (Phi) is 3.59. The van der Waals surface area contributed by atoms with Crippen LogP contribution < -0.4 is 10.2 Å². The number of nitrogens with one attached hydrogen (secondary N) is 1. The van der Waals surface area contributed by atoms with Gasteiger partial charge in [0.15, 0.2) is 0 Å². The van der Waals surface area contributed by atoms with Gasteiger partial charge in [-0.05, 0) is 43.7 Å². The molecule has 4 rings (SSSR count). The van der Waals surface area contributed by atoms with Crippen LogP contribution in [0.4, 0.5) is 5.82 Å². The Bertz CT molecular complexity index is 515. The van der Waals surface area contributed by atoms with Gasteiger partial charge in [0, 0.05) is 31.8 Å². The second kappa shape index (κ2) is 5.58. The van der Waals surface area contributed by atoms with Crippen molar-refractivity contribution in [2.45, 2.75) is 51.3 Å². The molecule has 2 atom stereocenters. The maximum Gasteiger partial charge on any atom is 0.132 e. The van der Waals surface area contributed by atoms with E-state index in [4.69, 9.17) is 9.72 Å². The Morgan fingerprint density at radius 1 is 1.33 bits per heavy atom. The fraction of sp³-hybridized carbons (Fsp3) is 0.706. The smallest absolute Gasteiger partial charge is 0.132 e. The van der Waals surface area contributed by atoms with E-state index in [2.05, 4.69) is 29.3 Å². The average Bonchev–Trinajstić information content (AvgIpc) is 2.80. The van der Waals surface area contributed by atoms with E-state index in [-0.39, 0.29) is 0 Å². The predicted octanol–water partition coefficient (Wildman–Crippen LogP) is 2.12. The molecule has 2 aliphatic heterocycles. The molecule has 0 unspecified atom stereocenters. The van der Waals surface area contributed by atoms with Crippen molar-refractivity contribution in [3.05, 3.63) is 23.4 Å². The number of pyridine rings is 1. The summed E-state index contributed by atoms with van der Waals surface area (Å²) in [5.41, 5.74) is 2.48. The molecular formula is C17H25N3O. The van der Waals surface area contributed by atoms with Gasteiger partial charge in [-0.25, -0.2) is 4.98 Å². The van der Waals surface area contributed by atoms with Crippen LogP contribution >= 0.6 is 0 Å². The minimum Gasteiger partial charge on any atom is -0.375 e. The maximum absolute atomic E-state index is 5.85. The summed E-state index contributed by atoms with van der Waals surface area (Å²) in [4.78, 5) is 7.42. The average molecular weight is 287 g/mol. The molecule has 3 aliphatic rings. The highest BCUT2D eigenvalue weighted by Gasteiger charge is 2.36. The first-order chi connectivity index (χ1) is 10.3. The number of rotatable bonds is 4. The molecule has 1 saturated heterocycles. The Balaban J connectivity index is 1.45. The van der Waals surface area contributed by atoms with Gasteiger partial charge in [0.25, 0.3) is 0 Å². The molecule has 2 fully saturated rings. The van der Waals surface area contributed by atoms with E-state index in [0.29, 0.717) is 18.7 Å². The normalized spacial score (nSPS) is 28.1. The van der Waals surface area contributed by atoms with Crippen LogP contribution in [0.2, 0.25) is 0 Å². The number of nitrogens with zero attached hydrogens (tertiary/aromatic N) is 2. The minimum absolute atomic E-state index is 0.531. The van der Waals surface area contributed by atoms with Crippen molar-refractivity contribution in [3.63, 3.8) is 0 Å². The highest BCUT2D eigenvalue weighted by Crippen LogP contribution is 2.33. The van der Waals surface area contributed by atoms with Crippen LogP contribution in [0.15, 0.2) is 12.1 Å². The zero-order valence-corrected chi connectivity index (χ0v) is 12.8. The molecule has 4 nitrogen and oxygen atoms in total. The van der Waals surface area contributed by atoms with Gasteiger partial charge in [0.05, 0.1) is 12.3 Å². The third-order valence-corrected chi connectivity index (χ3v) is 5.23. The zero-order valence-electron chi connectivity index (χ0n) is 12.8. The summed E-state index contributed by atoms with van der Waals surface area (Å²) in [5.74, 6) is 2.01. The third kappa shape index (κ3) is 2.55. The lowest BCUT2D eigenvalue weighted by Crippen LogP contribution is -2.55. The van der Waals surface area contributed by atoms with Crippen LogP contribution in [0, 0.1) is 5.92 Å². The van der Waals surface area contributed by atoms with E-state index in [0.717, 1.165) is 37.7 Å². The van der Waals surface area contributed by atoms with Crippen LogP contribution in [0.3, 0.4) is 0 Å². The quantitative estimate of drug-likeness (QED) is 0.920. The van der Waals surface area contributed by atoms with Gasteiger partial charge in [0.1, 0.15) is 5.82 Å². The van der Waals surface area contributed by atoms with Gasteiger partial charge in [0.2, 0.25) is 0 Å². The molecule has 114 valence electrons. The molecule has 1 aliphatic carbocycles. The SMILES string of the molecule is C[C@@H]1CNC[C@H]2Cc3ccc(COCC4CCC4)nc3N21. The molecule has 1 saturated carbocycles. The number of hydrogen-bond acceptors (Lipinski definition) is 4. The summed E-state index contributed by atoms with van der Waals surface area (Å²) in [6.45, 7) is 5.99. The number of anilines is 1. The van der Waals surface area contributed by atoms with Crippen molar-refractivity contribution in [2.75, 3.05) is 24.6 Å². The van der Waals surface area contributed by atoms with Gasteiger partial charge in [-0.1, -0.05) is 12.5 Å². The molecule has 0 radical (unpaired) electrons. The second-order valence-corrected chi connectivity index (χ2v) is 6.87. The van der Waals surface area contributed by atoms with Gasteiger partial charge >= 0.3 is 0 Å². The van der Waals surface area contributed by atoms with E-state index < -0.39 is 0 Å². The van der Waals surface area contributed by atoms with Gasteiger partial charge in [-0.2, -0.15) is 0 Å². The first-order valence-electron chi connectivity index (χ1n) is 8.37. The van der Waals surface area contributed by atoms with Gasteiger partial charge in [-0.15, -0.1) is 0 Å². The summed E-state index contributed by atoms with van der Waals surface area (Å²) in [6.07, 6.45) is 5.20. The van der Waals surface area contributed by atoms with E-state index in [1.165, 1.54) is 30.6 Å². The van der Waals surface area contributed by atoms with Crippen molar-refractivity contribution < 1.29 is 4.74 Å². The molecule has 1 aromatic heterocycles. The molecular weight excluding hydrogens is 262 g/mol. The van der Waals surface area contributed by atoms with Crippen LogP contribution in [-0.2, 0) is 17.8 Å². The number of fused-ring (bicyclic) bond motifs is 3. The van der Waals surface area contributed by atoms with E-state index >= 15 is 0 Å². The van der Waals surface area contributed by atoms with Crippen LogP contribution in [0.5, 0.6) is 0 Å². The van der Waals surface area contributed by atoms with E-state index in [1.54, 1.807) is 0 Å². The second-order valence-electron chi connectivity index (χ2n) is 6.87. The summed E-state index contributed by atoms with van der Waals surface area (Å²) >= 11 is 0. The molecule has 4 heteroatoms. The van der Waals surface area contributed by atoms with Crippen molar-refractivity contribution in [1.82, 2.24) is 10.3 Å². The minimum atomic E-state index is 0.531. The van der Waals surface area contributed by atoms with Crippen LogP contribution in [-0.4, -0.2) is 36.8 Å². The van der Waals surface area contributed by atoms with Crippen molar-refractivity contribution in [3.8, 4) is 0 Å². The Hall–Kier alpha value is -1.13. The first kappa shape index (κ1) is 13.5. The fourth-order valence-corrected chi connectivity index (χ4v) is 3.79. The Morgan fingerprint density at radius 3 is 3.05 bits per heavy atom. The van der Waals surface area contributed by atoms with E-state index in [1.807, 2.05) is 0 Å². The van der Waals surface area contributed by atoms with Crippen molar-refractivity contribution >= 4 is 5.82 Å². The molecule has 0 spiro atoms. The Morgan fingerprint density at radius 2 is 2.24 bits per heavy atom. The summed E-state index contributed by atoms with van der Waals surface area (Å²) in [6, 6.07) is 5.53. The lowest BCUT2D eigenvalue weighted by Gasteiger charge is -2.37. The zero-order chi connectivity index (χ0) is 14.2. The number of aromatic nitrogens is 1. The maximum atomic E-state index is 5.85. The summed E-state index contributed by atoms with van der Waals surface area (Å²) in [5, 5.41) is 3.52. The van der Waals surface area contributed by atoms with Crippen LogP contribution in [0.25, 0.3) is 0 Å². The van der Waals surface area contributed by atoms with Crippen molar-refractivity contribution in [1.29, 1.82) is 0 Å². The molecule has 1 N–H and O–H groups in total. The topological polar surface area (TPSA) is 37.4 Å². The number of hydrogen-bond donors (Lipinski definition) is 1. The lowest BCUT2D eigenvalue weighted by molar-refractivity contribution is 0.0580. The highest BCUT2D eigenvalue weighted by molar-refractivity contribution is 5.56. The first-order valence-corrected chi connectivity index (χ1v) is 8.37. The van der Waals surface area contributed by atoms with Crippen LogP contribution in [0.1, 0.15) is 37.4 Å². The molecule has 0 amide bonds. The number of piperazine rings is 1. The fourth-order valence-electron chi connectivity index (χ4n) is 3.79.